The molecule has 8 heteroatoms. The predicted molar refractivity (Wildman–Crippen MR) is 102 cm³/mol. The topological polar surface area (TPSA) is 51.8 Å². The summed E-state index contributed by atoms with van der Waals surface area (Å²) >= 11 is 6.24. The molecule has 0 aliphatic carbocycles. The van der Waals surface area contributed by atoms with E-state index in [4.69, 9.17) is 21.7 Å². The second-order valence-electron chi connectivity index (χ2n) is 7.09. The Labute approximate surface area is 162 Å². The molecule has 4 rings (SSSR count). The van der Waals surface area contributed by atoms with Gasteiger partial charge in [0.25, 0.3) is 0 Å². The summed E-state index contributed by atoms with van der Waals surface area (Å²) in [5, 5.41) is 9.41. The van der Waals surface area contributed by atoms with Gasteiger partial charge in [0.05, 0.1) is 6.20 Å². The van der Waals surface area contributed by atoms with Crippen molar-refractivity contribution in [2.75, 3.05) is 20.1 Å². The van der Waals surface area contributed by atoms with E-state index in [0.29, 0.717) is 16.4 Å². The van der Waals surface area contributed by atoms with Crippen molar-refractivity contribution in [2.45, 2.75) is 25.2 Å². The Bertz CT molecular complexity index is 929. The minimum Gasteiger partial charge on any atom is -0.306 e. The Hall–Kier alpha value is -2.25. The first-order valence-corrected chi connectivity index (χ1v) is 9.46. The molecule has 3 heterocycles. The van der Waals surface area contributed by atoms with Crippen molar-refractivity contribution in [3.63, 3.8) is 0 Å². The van der Waals surface area contributed by atoms with Crippen molar-refractivity contribution in [2.24, 2.45) is 7.05 Å². The summed E-state index contributed by atoms with van der Waals surface area (Å²) in [5.74, 6) is 2.19. The highest BCUT2D eigenvalue weighted by atomic mass is 35.5. The van der Waals surface area contributed by atoms with Crippen molar-refractivity contribution < 1.29 is 4.39 Å². The van der Waals surface area contributed by atoms with Gasteiger partial charge in [-0.2, -0.15) is 9.78 Å². The molecule has 142 valence electrons. The van der Waals surface area contributed by atoms with E-state index < -0.39 is 0 Å². The Morgan fingerprint density at radius 2 is 2.11 bits per heavy atom. The van der Waals surface area contributed by atoms with Crippen LogP contribution in [-0.2, 0) is 13.5 Å². The lowest BCUT2D eigenvalue weighted by Gasteiger charge is -2.27. The fourth-order valence-electron chi connectivity index (χ4n) is 3.64. The fourth-order valence-corrected chi connectivity index (χ4v) is 3.87. The summed E-state index contributed by atoms with van der Waals surface area (Å²) in [6, 6.07) is 6.60. The van der Waals surface area contributed by atoms with Gasteiger partial charge in [-0.1, -0.05) is 17.7 Å². The minimum absolute atomic E-state index is 0.270. The first-order chi connectivity index (χ1) is 13.0. The second kappa shape index (κ2) is 7.40. The Morgan fingerprint density at radius 1 is 1.26 bits per heavy atom. The average Bonchev–Trinajstić information content (AvgIpc) is 3.24. The molecule has 1 unspecified atom stereocenters. The zero-order valence-corrected chi connectivity index (χ0v) is 16.2. The Balaban J connectivity index is 1.76. The third kappa shape index (κ3) is 3.61. The number of aromatic nitrogens is 5. The molecule has 3 aromatic rings. The molecule has 1 fully saturated rings. The van der Waals surface area contributed by atoms with Gasteiger partial charge in [0.15, 0.2) is 11.6 Å². The van der Waals surface area contributed by atoms with E-state index in [1.807, 2.05) is 13.1 Å². The summed E-state index contributed by atoms with van der Waals surface area (Å²) in [7, 11) is 3.97. The minimum atomic E-state index is -0.332. The smallest absolute Gasteiger partial charge is 0.155 e. The number of hydrogen-bond donors (Lipinski definition) is 0. The highest BCUT2D eigenvalue weighted by Gasteiger charge is 2.25. The van der Waals surface area contributed by atoms with Crippen LogP contribution in [0.15, 0.2) is 30.5 Å². The highest BCUT2D eigenvalue weighted by molar-refractivity contribution is 6.31. The standard InChI is InChI=1S/C19H22ClFN6/c1-25-10-4-5-13(12-25)19-23-17(11-14-15(20)6-3-7-16(14)21)27(24-19)18-8-9-22-26(18)2/h3,6-9,13H,4-5,10-12H2,1-2H3. The zero-order chi connectivity index (χ0) is 19.0. The van der Waals surface area contributed by atoms with Crippen LogP contribution in [0.25, 0.3) is 5.82 Å². The molecule has 0 saturated carbocycles. The van der Waals surface area contributed by atoms with Crippen LogP contribution >= 0.6 is 11.6 Å². The largest absolute Gasteiger partial charge is 0.306 e. The van der Waals surface area contributed by atoms with Crippen LogP contribution in [0.4, 0.5) is 4.39 Å². The molecule has 1 atom stereocenters. The Morgan fingerprint density at radius 3 is 2.81 bits per heavy atom. The van der Waals surface area contributed by atoms with Crippen molar-refractivity contribution in [1.82, 2.24) is 29.4 Å². The zero-order valence-electron chi connectivity index (χ0n) is 15.4. The van der Waals surface area contributed by atoms with Gasteiger partial charge < -0.3 is 4.90 Å². The Kier molecular flexibility index (Phi) is 4.97. The molecule has 1 aromatic carbocycles. The van der Waals surface area contributed by atoms with Crippen LogP contribution in [0.3, 0.4) is 0 Å². The summed E-state index contributed by atoms with van der Waals surface area (Å²) in [6.07, 6.45) is 4.16. The van der Waals surface area contributed by atoms with Gasteiger partial charge in [0.2, 0.25) is 0 Å². The maximum Gasteiger partial charge on any atom is 0.155 e. The van der Waals surface area contributed by atoms with E-state index in [9.17, 15) is 4.39 Å². The van der Waals surface area contributed by atoms with E-state index in [-0.39, 0.29) is 18.2 Å². The van der Waals surface area contributed by atoms with Crippen LogP contribution in [0.5, 0.6) is 0 Å². The third-order valence-corrected chi connectivity index (χ3v) is 5.44. The number of nitrogens with zero attached hydrogens (tertiary/aromatic N) is 6. The van der Waals surface area contributed by atoms with E-state index in [1.165, 1.54) is 6.07 Å². The number of aryl methyl sites for hydroxylation is 1. The molecule has 1 aliphatic heterocycles. The van der Waals surface area contributed by atoms with Crippen LogP contribution in [0, 0.1) is 5.82 Å². The van der Waals surface area contributed by atoms with Crippen molar-refractivity contribution in [3.8, 4) is 5.82 Å². The lowest BCUT2D eigenvalue weighted by atomic mass is 9.98. The van der Waals surface area contributed by atoms with Gasteiger partial charge in [0.1, 0.15) is 11.6 Å². The van der Waals surface area contributed by atoms with Crippen LogP contribution in [0.1, 0.15) is 36.0 Å². The number of halogens is 2. The van der Waals surface area contributed by atoms with E-state index >= 15 is 0 Å². The molecule has 1 saturated heterocycles. The number of benzene rings is 1. The molecule has 27 heavy (non-hydrogen) atoms. The molecule has 0 radical (unpaired) electrons. The van der Waals surface area contributed by atoms with E-state index in [2.05, 4.69) is 17.0 Å². The molecule has 2 aromatic heterocycles. The summed E-state index contributed by atoms with van der Waals surface area (Å²) < 4.78 is 17.8. The quantitative estimate of drug-likeness (QED) is 0.688. The SMILES string of the molecule is CN1CCCC(c2nc(Cc3c(F)cccc3Cl)n(-c3ccnn3C)n2)C1. The molecule has 0 N–H and O–H groups in total. The fraction of sp³-hybridized carbons (Fsp3) is 0.421. The average molecular weight is 389 g/mol. The van der Waals surface area contributed by atoms with E-state index in [1.54, 1.807) is 27.7 Å². The summed E-state index contributed by atoms with van der Waals surface area (Å²) in [5.41, 5.74) is 0.433. The van der Waals surface area contributed by atoms with Crippen LogP contribution < -0.4 is 0 Å². The molecular weight excluding hydrogens is 367 g/mol. The third-order valence-electron chi connectivity index (χ3n) is 5.09. The maximum absolute atomic E-state index is 14.3. The number of likely N-dealkylation sites (tertiary alicyclic amines) is 1. The van der Waals surface area contributed by atoms with Crippen LogP contribution in [-0.4, -0.2) is 49.6 Å². The normalized spacial score (nSPS) is 18.1. The van der Waals surface area contributed by atoms with E-state index in [0.717, 1.165) is 37.6 Å². The first kappa shape index (κ1) is 18.1. The summed E-state index contributed by atoms with van der Waals surface area (Å²) in [4.78, 5) is 7.10. The first-order valence-electron chi connectivity index (χ1n) is 9.08. The molecule has 0 amide bonds. The molecule has 1 aliphatic rings. The van der Waals surface area contributed by atoms with Crippen molar-refractivity contribution >= 4 is 11.6 Å². The van der Waals surface area contributed by atoms with Crippen LogP contribution in [0.2, 0.25) is 5.02 Å². The molecule has 0 spiro atoms. The van der Waals surface area contributed by atoms with Gasteiger partial charge in [-0.15, -0.1) is 5.10 Å². The lowest BCUT2D eigenvalue weighted by Crippen LogP contribution is -2.31. The van der Waals surface area contributed by atoms with Gasteiger partial charge in [-0.25, -0.2) is 9.37 Å². The number of hydrogen-bond acceptors (Lipinski definition) is 4. The van der Waals surface area contributed by atoms with Gasteiger partial charge >= 0.3 is 0 Å². The number of rotatable bonds is 4. The number of likely N-dealkylation sites (N-methyl/N-ethyl adjacent to an activating group) is 1. The van der Waals surface area contributed by atoms with Crippen molar-refractivity contribution in [1.29, 1.82) is 0 Å². The molecular formula is C19H22ClFN6. The second-order valence-corrected chi connectivity index (χ2v) is 7.50. The van der Waals surface area contributed by atoms with Gasteiger partial charge in [-0.3, -0.25) is 4.68 Å². The highest BCUT2D eigenvalue weighted by Crippen LogP contribution is 2.27. The monoisotopic (exact) mass is 388 g/mol. The van der Waals surface area contributed by atoms with Gasteiger partial charge in [-0.05, 0) is 38.6 Å². The summed E-state index contributed by atoms with van der Waals surface area (Å²) in [6.45, 7) is 2.02. The maximum atomic E-state index is 14.3. The number of piperidine rings is 1. The predicted octanol–water partition coefficient (Wildman–Crippen LogP) is 3.19. The lowest BCUT2D eigenvalue weighted by molar-refractivity contribution is 0.246. The van der Waals surface area contributed by atoms with Crippen molar-refractivity contribution in [3.05, 3.63) is 58.5 Å². The van der Waals surface area contributed by atoms with Gasteiger partial charge in [0, 0.05) is 42.6 Å². The molecule has 6 nitrogen and oxygen atoms in total. The molecule has 0 bridgehead atoms.